The maximum Gasteiger partial charge on any atom is 0.275 e. The Bertz CT molecular complexity index is 583. The van der Waals surface area contributed by atoms with E-state index in [9.17, 15) is 14.9 Å². The van der Waals surface area contributed by atoms with Crippen molar-refractivity contribution in [2.24, 2.45) is 0 Å². The molecule has 118 valence electrons. The smallest absolute Gasteiger partial charge is 0.275 e. The van der Waals surface area contributed by atoms with Crippen molar-refractivity contribution in [3.63, 3.8) is 0 Å². The van der Waals surface area contributed by atoms with Gasteiger partial charge in [-0.2, -0.15) is 0 Å². The Morgan fingerprint density at radius 3 is 2.91 bits per heavy atom. The fourth-order valence-corrected chi connectivity index (χ4v) is 1.89. The van der Waals surface area contributed by atoms with Crippen LogP contribution in [0.2, 0.25) is 0 Å². The zero-order valence-electron chi connectivity index (χ0n) is 12.2. The largest absolute Gasteiger partial charge is 0.494 e. The number of hydrogen-bond acceptors (Lipinski definition) is 6. The van der Waals surface area contributed by atoms with Crippen LogP contribution in [-0.2, 0) is 20.9 Å². The summed E-state index contributed by atoms with van der Waals surface area (Å²) in [6.45, 7) is 2.45. The Hall–Kier alpha value is -2.25. The second-order valence-electron chi connectivity index (χ2n) is 4.71. The predicted molar refractivity (Wildman–Crippen MR) is 77.6 cm³/mol. The van der Waals surface area contributed by atoms with Crippen molar-refractivity contribution in [3.8, 4) is 5.75 Å². The van der Waals surface area contributed by atoms with E-state index in [2.05, 4.69) is 0 Å². The summed E-state index contributed by atoms with van der Waals surface area (Å²) >= 11 is 0. The van der Waals surface area contributed by atoms with Crippen LogP contribution < -0.4 is 4.74 Å². The van der Waals surface area contributed by atoms with Crippen molar-refractivity contribution in [1.82, 2.24) is 0 Å². The van der Waals surface area contributed by atoms with E-state index in [-0.39, 0.29) is 24.7 Å². The highest BCUT2D eigenvalue weighted by Crippen LogP contribution is 2.25. The molecule has 1 aromatic carbocycles. The molecule has 1 aliphatic heterocycles. The molecule has 1 heterocycles. The summed E-state index contributed by atoms with van der Waals surface area (Å²) in [5.74, 6) is 0.419. The maximum atomic E-state index is 11.1. The van der Waals surface area contributed by atoms with Crippen LogP contribution in [0.3, 0.4) is 0 Å². The molecule has 0 saturated heterocycles. The number of benzene rings is 1. The molecular weight excluding hydrogens is 290 g/mol. The van der Waals surface area contributed by atoms with Crippen molar-refractivity contribution in [3.05, 3.63) is 46.0 Å². The first-order valence-electron chi connectivity index (χ1n) is 6.94. The van der Waals surface area contributed by atoms with Gasteiger partial charge in [-0.25, -0.2) is 0 Å². The summed E-state index contributed by atoms with van der Waals surface area (Å²) in [6, 6.07) is 4.54. The first-order chi connectivity index (χ1) is 10.6. The summed E-state index contributed by atoms with van der Waals surface area (Å²) < 4.78 is 16.1. The van der Waals surface area contributed by atoms with Crippen LogP contribution in [-0.4, -0.2) is 30.2 Å². The summed E-state index contributed by atoms with van der Waals surface area (Å²) in [4.78, 5) is 21.6. The van der Waals surface area contributed by atoms with E-state index in [0.717, 1.165) is 6.42 Å². The molecule has 0 saturated carbocycles. The lowest BCUT2D eigenvalue weighted by atomic mass is 10.2. The van der Waals surface area contributed by atoms with E-state index in [1.807, 2.05) is 6.92 Å². The van der Waals surface area contributed by atoms with E-state index in [1.165, 1.54) is 18.2 Å². The Morgan fingerprint density at radius 1 is 1.45 bits per heavy atom. The van der Waals surface area contributed by atoms with Crippen LogP contribution in [0.5, 0.6) is 5.75 Å². The van der Waals surface area contributed by atoms with Crippen molar-refractivity contribution in [2.45, 2.75) is 26.2 Å². The van der Waals surface area contributed by atoms with E-state index in [0.29, 0.717) is 17.9 Å². The van der Waals surface area contributed by atoms with Gasteiger partial charge in [0, 0.05) is 6.07 Å². The van der Waals surface area contributed by atoms with Gasteiger partial charge in [-0.3, -0.25) is 14.9 Å². The molecular formula is C15H17NO6. The lowest BCUT2D eigenvalue weighted by Crippen LogP contribution is -2.23. The molecule has 0 N–H and O–H groups in total. The molecule has 7 heteroatoms. The van der Waals surface area contributed by atoms with E-state index >= 15 is 0 Å². The highest BCUT2D eigenvalue weighted by molar-refractivity contribution is 5.91. The van der Waals surface area contributed by atoms with E-state index in [4.69, 9.17) is 14.2 Å². The van der Waals surface area contributed by atoms with Gasteiger partial charge < -0.3 is 14.2 Å². The van der Waals surface area contributed by atoms with Crippen molar-refractivity contribution < 1.29 is 23.9 Å². The van der Waals surface area contributed by atoms with Gasteiger partial charge in [0.25, 0.3) is 5.69 Å². The van der Waals surface area contributed by atoms with E-state index < -0.39 is 11.2 Å². The second-order valence-corrected chi connectivity index (χ2v) is 4.71. The number of hydrogen-bond donors (Lipinski definition) is 0. The summed E-state index contributed by atoms with van der Waals surface area (Å²) in [5.41, 5.74) is 0.354. The average Bonchev–Trinajstić information content (AvgIpc) is 2.52. The summed E-state index contributed by atoms with van der Waals surface area (Å²) in [5, 5.41) is 11.1. The molecule has 2 rings (SSSR count). The number of carbonyl (C=O) groups is 1. The molecule has 0 fully saturated rings. The van der Waals surface area contributed by atoms with Gasteiger partial charge in [-0.05, 0) is 30.7 Å². The van der Waals surface area contributed by atoms with Crippen LogP contribution in [0.4, 0.5) is 5.69 Å². The number of rotatable bonds is 7. The molecule has 22 heavy (non-hydrogen) atoms. The lowest BCUT2D eigenvalue weighted by molar-refractivity contribution is -0.386. The molecule has 7 nitrogen and oxygen atoms in total. The average molecular weight is 307 g/mol. The molecule has 1 atom stereocenters. The van der Waals surface area contributed by atoms with Crippen molar-refractivity contribution in [2.75, 3.05) is 13.2 Å². The first kappa shape index (κ1) is 16.1. The SMILES string of the molecule is CCCOc1ccc([N+](=O)[O-])c(CO[C@H]2C=CC(=O)CO2)c1. The molecule has 1 aliphatic rings. The Labute approximate surface area is 127 Å². The number of ketones is 1. The van der Waals surface area contributed by atoms with Crippen LogP contribution in [0.15, 0.2) is 30.4 Å². The molecule has 1 aromatic rings. The Morgan fingerprint density at radius 2 is 2.27 bits per heavy atom. The Balaban J connectivity index is 2.07. The fraction of sp³-hybridized carbons (Fsp3) is 0.400. The highest BCUT2D eigenvalue weighted by Gasteiger charge is 2.18. The topological polar surface area (TPSA) is 87.9 Å². The normalized spacial score (nSPS) is 17.5. The molecule has 0 aliphatic carbocycles. The quantitative estimate of drug-likeness (QED) is 0.567. The molecule has 0 bridgehead atoms. The van der Waals surface area contributed by atoms with Gasteiger partial charge in [-0.15, -0.1) is 0 Å². The van der Waals surface area contributed by atoms with Gasteiger partial charge in [0.15, 0.2) is 12.1 Å². The van der Waals surface area contributed by atoms with Gasteiger partial charge in [0.05, 0.1) is 23.7 Å². The number of nitro benzene ring substituents is 1. The van der Waals surface area contributed by atoms with Crippen molar-refractivity contribution in [1.29, 1.82) is 0 Å². The van der Waals surface area contributed by atoms with Gasteiger partial charge in [0.1, 0.15) is 12.4 Å². The van der Waals surface area contributed by atoms with Crippen molar-refractivity contribution >= 4 is 11.5 Å². The fourth-order valence-electron chi connectivity index (χ4n) is 1.89. The minimum atomic E-state index is -0.683. The molecule has 0 unspecified atom stereocenters. The third-order valence-corrected chi connectivity index (χ3v) is 2.95. The molecule has 0 radical (unpaired) electrons. The maximum absolute atomic E-state index is 11.1. The van der Waals surface area contributed by atoms with Gasteiger partial charge >= 0.3 is 0 Å². The summed E-state index contributed by atoms with van der Waals surface area (Å²) in [6.07, 6.45) is 3.02. The van der Waals surface area contributed by atoms with Crippen LogP contribution in [0.1, 0.15) is 18.9 Å². The van der Waals surface area contributed by atoms with E-state index in [1.54, 1.807) is 12.1 Å². The second kappa shape index (κ2) is 7.67. The molecule has 0 aromatic heterocycles. The third kappa shape index (κ3) is 4.37. The lowest BCUT2D eigenvalue weighted by Gasteiger charge is -2.17. The minimum Gasteiger partial charge on any atom is -0.494 e. The zero-order chi connectivity index (χ0) is 15.9. The standard InChI is InChI=1S/C15H17NO6/c1-2-7-20-13-4-5-14(16(18)19)11(8-13)9-21-15-6-3-12(17)10-22-15/h3-6,8,15H,2,7,9-10H2,1H3/t15-/m1/s1. The van der Waals surface area contributed by atoms with Gasteiger partial charge in [0.2, 0.25) is 0 Å². The number of nitrogens with zero attached hydrogens (tertiary/aromatic N) is 1. The highest BCUT2D eigenvalue weighted by atomic mass is 16.7. The molecule has 0 spiro atoms. The summed E-state index contributed by atoms with van der Waals surface area (Å²) in [7, 11) is 0. The van der Waals surface area contributed by atoms with Crippen LogP contribution >= 0.6 is 0 Å². The zero-order valence-corrected chi connectivity index (χ0v) is 12.2. The molecule has 0 amide bonds. The third-order valence-electron chi connectivity index (χ3n) is 2.95. The minimum absolute atomic E-state index is 0.0111. The van der Waals surface area contributed by atoms with Gasteiger partial charge in [-0.1, -0.05) is 6.92 Å². The monoisotopic (exact) mass is 307 g/mol. The first-order valence-corrected chi connectivity index (χ1v) is 6.94. The number of ether oxygens (including phenoxy) is 3. The Kier molecular flexibility index (Phi) is 5.62. The van der Waals surface area contributed by atoms with Crippen LogP contribution in [0, 0.1) is 10.1 Å². The predicted octanol–water partition coefficient (Wildman–Crippen LogP) is 2.38. The number of nitro groups is 1. The van der Waals surface area contributed by atoms with Crippen LogP contribution in [0.25, 0.3) is 0 Å². The number of carbonyl (C=O) groups excluding carboxylic acids is 1.